The number of nitro groups is 1. The molecular formula is C14H11FN2O6. The number of nitrogens with zero attached hydrogens (tertiary/aromatic N) is 1. The molecule has 120 valence electrons. The second kappa shape index (κ2) is 5.43. The third-order valence-corrected chi connectivity index (χ3v) is 3.90. The number of amides is 1. The maximum atomic E-state index is 13.3. The van der Waals surface area contributed by atoms with E-state index in [1.807, 2.05) is 0 Å². The quantitative estimate of drug-likeness (QED) is 0.490. The zero-order chi connectivity index (χ0) is 16.7. The smallest absolute Gasteiger partial charge is 0.310 e. The fraction of sp³-hybridized carbons (Fsp3) is 0.286. The largest absolute Gasteiger partial charge is 0.481 e. The van der Waals surface area contributed by atoms with Crippen molar-refractivity contribution < 1.29 is 28.7 Å². The van der Waals surface area contributed by atoms with Crippen LogP contribution in [0.3, 0.4) is 0 Å². The number of fused-ring (bicyclic) bond motifs is 2. The maximum absolute atomic E-state index is 13.3. The number of carboxylic acids is 1. The molecule has 0 spiro atoms. The van der Waals surface area contributed by atoms with E-state index >= 15 is 0 Å². The standard InChI is InChI=1S/C14H11FN2O6/c15-7-2-1-6(5-8(7)17(21)22)16-13(18)11-9-3-4-10(23-9)12(11)14(19)20/h1-5,9-12H,(H,16,18)(H,19,20)/t9-,10+,11-,12+/m1/s1. The van der Waals surface area contributed by atoms with Crippen molar-refractivity contribution in [1.82, 2.24) is 0 Å². The number of carbonyl (C=O) groups is 2. The number of hydrogen-bond acceptors (Lipinski definition) is 5. The average molecular weight is 322 g/mol. The molecule has 2 aliphatic heterocycles. The number of carboxylic acid groups (broad SMARTS) is 1. The van der Waals surface area contributed by atoms with Crippen LogP contribution in [0.2, 0.25) is 0 Å². The normalized spacial score (nSPS) is 27.9. The van der Waals surface area contributed by atoms with Crippen LogP contribution in [0, 0.1) is 27.8 Å². The lowest BCUT2D eigenvalue weighted by Gasteiger charge is -2.20. The Morgan fingerprint density at radius 3 is 2.52 bits per heavy atom. The Morgan fingerprint density at radius 1 is 1.26 bits per heavy atom. The van der Waals surface area contributed by atoms with Gasteiger partial charge in [0.05, 0.1) is 23.0 Å². The van der Waals surface area contributed by atoms with Gasteiger partial charge in [-0.05, 0) is 12.1 Å². The zero-order valence-corrected chi connectivity index (χ0v) is 11.5. The molecule has 0 radical (unpaired) electrons. The number of anilines is 1. The highest BCUT2D eigenvalue weighted by atomic mass is 19.1. The Hall–Kier alpha value is -2.81. The predicted octanol–water partition coefficient (Wildman–Crippen LogP) is 1.33. The van der Waals surface area contributed by atoms with Crippen molar-refractivity contribution in [3.05, 3.63) is 46.3 Å². The molecule has 3 rings (SSSR count). The first-order valence-corrected chi connectivity index (χ1v) is 6.70. The number of hydrogen-bond donors (Lipinski definition) is 2. The van der Waals surface area contributed by atoms with Crippen molar-refractivity contribution in [3.8, 4) is 0 Å². The molecule has 2 bridgehead atoms. The van der Waals surface area contributed by atoms with Crippen molar-refractivity contribution >= 4 is 23.3 Å². The summed E-state index contributed by atoms with van der Waals surface area (Å²) in [7, 11) is 0. The van der Waals surface area contributed by atoms with Crippen LogP contribution in [-0.2, 0) is 14.3 Å². The van der Waals surface area contributed by atoms with Gasteiger partial charge in [-0.1, -0.05) is 12.2 Å². The van der Waals surface area contributed by atoms with Gasteiger partial charge in [0, 0.05) is 11.8 Å². The number of carbonyl (C=O) groups excluding carboxylic acids is 1. The molecule has 23 heavy (non-hydrogen) atoms. The first-order valence-electron chi connectivity index (χ1n) is 6.70. The number of rotatable bonds is 4. The fourth-order valence-corrected chi connectivity index (χ4v) is 2.87. The number of aliphatic carboxylic acids is 1. The Labute approximate surface area is 128 Å². The Kier molecular flexibility index (Phi) is 3.57. The highest BCUT2D eigenvalue weighted by Crippen LogP contribution is 2.40. The summed E-state index contributed by atoms with van der Waals surface area (Å²) in [5.74, 6) is -4.81. The Morgan fingerprint density at radius 2 is 1.91 bits per heavy atom. The van der Waals surface area contributed by atoms with Crippen LogP contribution in [-0.4, -0.2) is 34.1 Å². The van der Waals surface area contributed by atoms with E-state index in [-0.39, 0.29) is 5.69 Å². The molecule has 1 aromatic carbocycles. The van der Waals surface area contributed by atoms with Crippen LogP contribution in [0.25, 0.3) is 0 Å². The van der Waals surface area contributed by atoms with Gasteiger partial charge < -0.3 is 15.2 Å². The second-order valence-electron chi connectivity index (χ2n) is 5.25. The minimum Gasteiger partial charge on any atom is -0.481 e. The SMILES string of the molecule is O=C(O)[C@@H]1[C@H](C(=O)Nc2ccc(F)c([N+](=O)[O-])c2)[C@H]2C=C[C@@H]1O2. The molecule has 2 N–H and O–H groups in total. The number of nitro benzene ring substituents is 1. The third kappa shape index (κ3) is 2.55. The van der Waals surface area contributed by atoms with Gasteiger partial charge in [-0.2, -0.15) is 4.39 Å². The molecule has 2 heterocycles. The molecule has 8 nitrogen and oxygen atoms in total. The lowest BCUT2D eigenvalue weighted by atomic mass is 9.82. The molecule has 0 aromatic heterocycles. The van der Waals surface area contributed by atoms with E-state index in [4.69, 9.17) is 4.74 Å². The van der Waals surface area contributed by atoms with Gasteiger partial charge >= 0.3 is 11.7 Å². The summed E-state index contributed by atoms with van der Waals surface area (Å²) >= 11 is 0. The summed E-state index contributed by atoms with van der Waals surface area (Å²) in [6.07, 6.45) is 1.88. The molecule has 0 saturated carbocycles. The van der Waals surface area contributed by atoms with Gasteiger partial charge in [0.1, 0.15) is 5.92 Å². The maximum Gasteiger partial charge on any atom is 0.310 e. The van der Waals surface area contributed by atoms with Gasteiger partial charge in [0.25, 0.3) is 0 Å². The summed E-state index contributed by atoms with van der Waals surface area (Å²) in [6, 6.07) is 2.91. The summed E-state index contributed by atoms with van der Waals surface area (Å²) in [5, 5.41) is 22.3. The average Bonchev–Trinajstić information content (AvgIpc) is 3.09. The van der Waals surface area contributed by atoms with Gasteiger partial charge in [-0.25, -0.2) is 0 Å². The molecule has 0 unspecified atom stereocenters. The Balaban J connectivity index is 1.82. The van der Waals surface area contributed by atoms with E-state index in [2.05, 4.69) is 5.32 Å². The van der Waals surface area contributed by atoms with Crippen molar-refractivity contribution in [2.75, 3.05) is 5.32 Å². The van der Waals surface area contributed by atoms with Crippen molar-refractivity contribution in [2.24, 2.45) is 11.8 Å². The fourth-order valence-electron chi connectivity index (χ4n) is 2.87. The third-order valence-electron chi connectivity index (χ3n) is 3.90. The zero-order valence-electron chi connectivity index (χ0n) is 11.5. The minimum atomic E-state index is -1.16. The van der Waals surface area contributed by atoms with Crippen molar-refractivity contribution in [3.63, 3.8) is 0 Å². The topological polar surface area (TPSA) is 119 Å². The summed E-state index contributed by atoms with van der Waals surface area (Å²) < 4.78 is 18.7. The molecule has 1 aromatic rings. The van der Waals surface area contributed by atoms with E-state index in [0.717, 1.165) is 12.1 Å². The Bertz CT molecular complexity index is 734. The summed E-state index contributed by atoms with van der Waals surface area (Å²) in [5.41, 5.74) is -0.763. The van der Waals surface area contributed by atoms with Crippen LogP contribution < -0.4 is 5.32 Å². The van der Waals surface area contributed by atoms with Crippen LogP contribution in [0.4, 0.5) is 15.8 Å². The molecule has 9 heteroatoms. The second-order valence-corrected chi connectivity index (χ2v) is 5.25. The molecule has 1 amide bonds. The lowest BCUT2D eigenvalue weighted by Crippen LogP contribution is -2.39. The number of nitrogens with one attached hydrogen (secondary N) is 1. The molecule has 1 fully saturated rings. The van der Waals surface area contributed by atoms with E-state index in [0.29, 0.717) is 0 Å². The van der Waals surface area contributed by atoms with E-state index < -0.39 is 52.3 Å². The van der Waals surface area contributed by atoms with Gasteiger partial charge in [0.2, 0.25) is 11.7 Å². The molecular weight excluding hydrogens is 311 g/mol. The molecule has 4 atom stereocenters. The summed E-state index contributed by atoms with van der Waals surface area (Å²) in [6.45, 7) is 0. The number of benzene rings is 1. The molecule has 0 aliphatic carbocycles. The van der Waals surface area contributed by atoms with Gasteiger partial charge in [0.15, 0.2) is 0 Å². The first-order chi connectivity index (χ1) is 10.9. The molecule has 1 saturated heterocycles. The van der Waals surface area contributed by atoms with Crippen LogP contribution in [0.1, 0.15) is 0 Å². The lowest BCUT2D eigenvalue weighted by molar-refractivity contribution is -0.387. The number of halogens is 1. The first kappa shape index (κ1) is 15.1. The van der Waals surface area contributed by atoms with E-state index in [1.165, 1.54) is 6.07 Å². The minimum absolute atomic E-state index is 0.0130. The van der Waals surface area contributed by atoms with E-state index in [1.54, 1.807) is 12.2 Å². The number of ether oxygens (including phenoxy) is 1. The van der Waals surface area contributed by atoms with Crippen LogP contribution in [0.5, 0.6) is 0 Å². The van der Waals surface area contributed by atoms with E-state index in [9.17, 15) is 29.2 Å². The highest BCUT2D eigenvalue weighted by molar-refractivity contribution is 5.96. The summed E-state index contributed by atoms with van der Waals surface area (Å²) in [4.78, 5) is 33.4. The molecule has 2 aliphatic rings. The highest BCUT2D eigenvalue weighted by Gasteiger charge is 2.53. The van der Waals surface area contributed by atoms with Crippen molar-refractivity contribution in [1.29, 1.82) is 0 Å². The monoisotopic (exact) mass is 322 g/mol. The van der Waals surface area contributed by atoms with Gasteiger partial charge in [-0.15, -0.1) is 0 Å². The van der Waals surface area contributed by atoms with Crippen LogP contribution in [0.15, 0.2) is 30.4 Å². The van der Waals surface area contributed by atoms with Crippen LogP contribution >= 0.6 is 0 Å². The predicted molar refractivity (Wildman–Crippen MR) is 74.1 cm³/mol. The van der Waals surface area contributed by atoms with Crippen molar-refractivity contribution in [2.45, 2.75) is 12.2 Å². The van der Waals surface area contributed by atoms with Gasteiger partial charge in [-0.3, -0.25) is 19.7 Å².